The molecule has 128 valence electrons. The first-order valence-corrected chi connectivity index (χ1v) is 8.72. The number of likely N-dealkylation sites (tertiary alicyclic amines) is 1. The number of nitrogens with one attached hydrogen (secondary N) is 2. The fourth-order valence-electron chi connectivity index (χ4n) is 3.33. The maximum Gasteiger partial charge on any atom is 0.260 e. The van der Waals surface area contributed by atoms with Crippen molar-refractivity contribution < 1.29 is 5.11 Å². The van der Waals surface area contributed by atoms with Gasteiger partial charge in [-0.05, 0) is 56.6 Å². The number of hydrogen-bond donors (Lipinski definition) is 3. The highest BCUT2D eigenvalue weighted by Gasteiger charge is 2.30. The number of aromatic nitrogens is 2. The van der Waals surface area contributed by atoms with Crippen LogP contribution in [0.25, 0.3) is 0 Å². The van der Waals surface area contributed by atoms with E-state index in [1.54, 1.807) is 0 Å². The van der Waals surface area contributed by atoms with Gasteiger partial charge in [0.1, 0.15) is 0 Å². The summed E-state index contributed by atoms with van der Waals surface area (Å²) in [6, 6.07) is 7.84. The summed E-state index contributed by atoms with van der Waals surface area (Å²) < 4.78 is 0.135. The molecule has 1 aliphatic rings. The molecule has 2 heterocycles. The van der Waals surface area contributed by atoms with Crippen molar-refractivity contribution in [3.05, 3.63) is 56.1 Å². The molecular formula is C18H23N3O2S. The number of aryl methyl sites for hydroxylation is 1. The molecular weight excluding hydrogens is 322 g/mol. The molecule has 1 fully saturated rings. The van der Waals surface area contributed by atoms with Crippen molar-refractivity contribution in [1.82, 2.24) is 14.9 Å². The van der Waals surface area contributed by atoms with E-state index in [1.807, 2.05) is 31.2 Å². The first kappa shape index (κ1) is 16.9. The molecule has 1 aromatic heterocycles. The number of aromatic hydroxyl groups is 1. The lowest BCUT2D eigenvalue weighted by molar-refractivity contribution is 0.154. The van der Waals surface area contributed by atoms with Gasteiger partial charge in [-0.3, -0.25) is 14.7 Å². The van der Waals surface area contributed by atoms with E-state index in [0.717, 1.165) is 37.1 Å². The van der Waals surface area contributed by atoms with Gasteiger partial charge in [0, 0.05) is 0 Å². The summed E-state index contributed by atoms with van der Waals surface area (Å²) in [5.74, 6) is 0.543. The number of nitrogens with zero attached hydrogens (tertiary/aromatic N) is 1. The Kier molecular flexibility index (Phi) is 4.87. The molecule has 1 aromatic carbocycles. The minimum atomic E-state index is -0.333. The van der Waals surface area contributed by atoms with E-state index in [-0.39, 0.29) is 22.3 Å². The fraction of sp³-hybridized carbons (Fsp3) is 0.444. The van der Waals surface area contributed by atoms with Crippen LogP contribution in [0, 0.1) is 17.6 Å². The normalized spacial score (nSPS) is 17.8. The number of benzene rings is 1. The predicted molar refractivity (Wildman–Crippen MR) is 96.9 cm³/mol. The zero-order valence-corrected chi connectivity index (χ0v) is 14.8. The molecule has 0 amide bonds. The highest BCUT2D eigenvalue weighted by molar-refractivity contribution is 7.71. The highest BCUT2D eigenvalue weighted by atomic mass is 32.1. The van der Waals surface area contributed by atoms with Gasteiger partial charge in [-0.15, -0.1) is 0 Å². The van der Waals surface area contributed by atoms with Crippen LogP contribution in [0.2, 0.25) is 0 Å². The van der Waals surface area contributed by atoms with E-state index in [4.69, 9.17) is 12.2 Å². The van der Waals surface area contributed by atoms with Gasteiger partial charge in [0.25, 0.3) is 5.56 Å². The summed E-state index contributed by atoms with van der Waals surface area (Å²) >= 11 is 4.95. The first-order chi connectivity index (χ1) is 11.5. The Labute approximate surface area is 146 Å². The fourth-order valence-corrected chi connectivity index (χ4v) is 3.52. The SMILES string of the molecule is Cc1ccc([C@H](c2c(O)[nH]c(=S)[nH]c2=O)N2CCC(C)CC2)cc1. The molecule has 0 aliphatic carbocycles. The van der Waals surface area contributed by atoms with Crippen molar-refractivity contribution in [2.75, 3.05) is 13.1 Å². The van der Waals surface area contributed by atoms with Crippen LogP contribution in [0.15, 0.2) is 29.1 Å². The molecule has 1 atom stereocenters. The Morgan fingerprint density at radius 1 is 1.21 bits per heavy atom. The summed E-state index contributed by atoms with van der Waals surface area (Å²) in [6.45, 7) is 6.08. The standard InChI is InChI=1S/C18H23N3O2S/c1-11-3-5-13(6-4-11)15(21-9-7-12(2)8-10-21)14-16(22)19-18(24)20-17(14)23/h3-6,12,15H,7-10H2,1-2H3,(H3,19,20,22,23,24)/t15-/m1/s1. The Bertz CT molecular complexity index is 817. The van der Waals surface area contributed by atoms with Crippen LogP contribution in [0.1, 0.15) is 42.5 Å². The molecule has 1 saturated heterocycles. The number of rotatable bonds is 3. The smallest absolute Gasteiger partial charge is 0.260 e. The quantitative estimate of drug-likeness (QED) is 0.747. The molecule has 0 bridgehead atoms. The van der Waals surface area contributed by atoms with Crippen molar-refractivity contribution >= 4 is 12.2 Å². The van der Waals surface area contributed by atoms with Crippen molar-refractivity contribution in [3.63, 3.8) is 0 Å². The lowest BCUT2D eigenvalue weighted by Crippen LogP contribution is -2.39. The average Bonchev–Trinajstić information content (AvgIpc) is 2.53. The van der Waals surface area contributed by atoms with Gasteiger partial charge < -0.3 is 10.1 Å². The average molecular weight is 345 g/mol. The van der Waals surface area contributed by atoms with Crippen molar-refractivity contribution in [2.24, 2.45) is 5.92 Å². The topological polar surface area (TPSA) is 72.1 Å². The summed E-state index contributed by atoms with van der Waals surface area (Å²) in [5, 5.41) is 10.4. The predicted octanol–water partition coefficient (Wildman–Crippen LogP) is 3.27. The maximum atomic E-state index is 12.5. The summed E-state index contributed by atoms with van der Waals surface area (Å²) in [5.41, 5.74) is 2.17. The number of aromatic amines is 2. The first-order valence-electron chi connectivity index (χ1n) is 8.32. The monoisotopic (exact) mass is 345 g/mol. The lowest BCUT2D eigenvalue weighted by Gasteiger charge is -2.36. The van der Waals surface area contributed by atoms with Crippen LogP contribution < -0.4 is 5.56 Å². The van der Waals surface area contributed by atoms with E-state index < -0.39 is 0 Å². The van der Waals surface area contributed by atoms with Gasteiger partial charge in [0.05, 0.1) is 11.6 Å². The second-order valence-corrected chi connectivity index (χ2v) is 7.11. The molecule has 5 nitrogen and oxygen atoms in total. The number of H-pyrrole nitrogens is 2. The third-order valence-electron chi connectivity index (χ3n) is 4.81. The minimum absolute atomic E-state index is 0.135. The molecule has 0 saturated carbocycles. The number of hydrogen-bond acceptors (Lipinski definition) is 4. The van der Waals surface area contributed by atoms with Crippen LogP contribution in [-0.2, 0) is 0 Å². The van der Waals surface area contributed by atoms with Crippen LogP contribution >= 0.6 is 12.2 Å². The second-order valence-electron chi connectivity index (χ2n) is 6.70. The molecule has 1 aliphatic heterocycles. The largest absolute Gasteiger partial charge is 0.494 e. The van der Waals surface area contributed by atoms with E-state index in [0.29, 0.717) is 11.5 Å². The summed E-state index contributed by atoms with van der Waals surface area (Å²) in [6.07, 6.45) is 2.17. The maximum absolute atomic E-state index is 12.5. The van der Waals surface area contributed by atoms with Gasteiger partial charge in [0.15, 0.2) is 4.77 Å². The third-order valence-corrected chi connectivity index (χ3v) is 5.01. The molecule has 6 heteroatoms. The number of piperidine rings is 1. The lowest BCUT2D eigenvalue weighted by atomic mass is 9.92. The minimum Gasteiger partial charge on any atom is -0.494 e. The van der Waals surface area contributed by atoms with E-state index in [9.17, 15) is 9.90 Å². The van der Waals surface area contributed by atoms with Gasteiger partial charge in [-0.1, -0.05) is 36.8 Å². The molecule has 0 unspecified atom stereocenters. The van der Waals surface area contributed by atoms with Gasteiger partial charge in [-0.2, -0.15) is 0 Å². The molecule has 24 heavy (non-hydrogen) atoms. The van der Waals surface area contributed by atoms with Crippen LogP contribution in [-0.4, -0.2) is 33.1 Å². The zero-order valence-electron chi connectivity index (χ0n) is 14.0. The molecule has 0 radical (unpaired) electrons. The van der Waals surface area contributed by atoms with Gasteiger partial charge >= 0.3 is 0 Å². The second kappa shape index (κ2) is 6.91. The Morgan fingerprint density at radius 2 is 1.83 bits per heavy atom. The highest BCUT2D eigenvalue weighted by Crippen LogP contribution is 2.33. The third kappa shape index (κ3) is 3.44. The molecule has 3 N–H and O–H groups in total. The Hall–Kier alpha value is -1.92. The van der Waals surface area contributed by atoms with E-state index in [1.165, 1.54) is 0 Å². The summed E-state index contributed by atoms with van der Waals surface area (Å²) in [7, 11) is 0. The van der Waals surface area contributed by atoms with E-state index in [2.05, 4.69) is 21.8 Å². The van der Waals surface area contributed by atoms with Crippen LogP contribution in [0.4, 0.5) is 0 Å². The zero-order chi connectivity index (χ0) is 17.3. The van der Waals surface area contributed by atoms with Gasteiger partial charge in [-0.25, -0.2) is 0 Å². The Balaban J connectivity index is 2.10. The molecule has 0 spiro atoms. The van der Waals surface area contributed by atoms with Crippen LogP contribution in [0.5, 0.6) is 5.88 Å². The van der Waals surface area contributed by atoms with E-state index >= 15 is 0 Å². The Morgan fingerprint density at radius 3 is 2.42 bits per heavy atom. The van der Waals surface area contributed by atoms with Gasteiger partial charge in [0.2, 0.25) is 5.88 Å². The molecule has 3 rings (SSSR count). The van der Waals surface area contributed by atoms with Crippen molar-refractivity contribution in [3.8, 4) is 5.88 Å². The van der Waals surface area contributed by atoms with Crippen LogP contribution in [0.3, 0.4) is 0 Å². The molecule has 2 aromatic rings. The van der Waals surface area contributed by atoms with Crippen molar-refractivity contribution in [2.45, 2.75) is 32.7 Å². The summed E-state index contributed by atoms with van der Waals surface area (Å²) in [4.78, 5) is 20.1. The van der Waals surface area contributed by atoms with Crippen molar-refractivity contribution in [1.29, 1.82) is 0 Å².